The molecule has 9 heteroatoms. The van der Waals surface area contributed by atoms with Gasteiger partial charge in [0.05, 0.1) is 0 Å². The Morgan fingerprint density at radius 1 is 0.944 bits per heavy atom. The number of phosphoric ester groups is 1. The number of hydrogen-bond acceptors (Lipinski definition) is 3. The predicted molar refractivity (Wildman–Crippen MR) is 67.0 cm³/mol. The largest absolute Gasteiger partial charge is 0.470 e. The summed E-state index contributed by atoms with van der Waals surface area (Å²) in [5.74, 6) is -1.72. The zero-order chi connectivity index (χ0) is 14.2. The van der Waals surface area contributed by atoms with Gasteiger partial charge in [-0.05, 0) is 6.42 Å². The van der Waals surface area contributed by atoms with Gasteiger partial charge in [0.2, 0.25) is 0 Å². The van der Waals surface area contributed by atoms with Crippen LogP contribution < -0.4 is 0 Å². The van der Waals surface area contributed by atoms with Crippen molar-refractivity contribution in [2.75, 3.05) is 0 Å². The van der Waals surface area contributed by atoms with Gasteiger partial charge in [-0.15, -0.1) is 0 Å². The fourth-order valence-corrected chi connectivity index (χ4v) is 3.34. The minimum atomic E-state index is -4.88. The maximum Gasteiger partial charge on any atom is 0.470 e. The molecule has 18 heavy (non-hydrogen) atoms. The molecular weight excluding hydrogens is 282 g/mol. The SMILES string of the molecule is CCCCCCCCC(OP(=O)(O)O)P(=O)(O)O. The highest BCUT2D eigenvalue weighted by Gasteiger charge is 2.35. The van der Waals surface area contributed by atoms with Gasteiger partial charge in [-0.3, -0.25) is 9.09 Å². The summed E-state index contributed by atoms with van der Waals surface area (Å²) < 4.78 is 25.7. The number of phosphoric acid groups is 1. The van der Waals surface area contributed by atoms with E-state index in [1.807, 2.05) is 0 Å². The summed E-state index contributed by atoms with van der Waals surface area (Å²) in [4.78, 5) is 35.0. The first-order chi connectivity index (χ1) is 8.17. The molecule has 7 nitrogen and oxygen atoms in total. The Bertz CT molecular complexity index is 308. The molecule has 0 aromatic rings. The Morgan fingerprint density at radius 2 is 1.44 bits per heavy atom. The second-order valence-electron chi connectivity index (χ2n) is 4.20. The van der Waals surface area contributed by atoms with Crippen molar-refractivity contribution in [1.82, 2.24) is 0 Å². The molecule has 0 aliphatic carbocycles. The average Bonchev–Trinajstić information content (AvgIpc) is 2.18. The highest BCUT2D eigenvalue weighted by atomic mass is 31.2. The van der Waals surface area contributed by atoms with E-state index in [-0.39, 0.29) is 6.42 Å². The lowest BCUT2D eigenvalue weighted by molar-refractivity contribution is 0.147. The molecule has 0 aromatic carbocycles. The number of unbranched alkanes of at least 4 members (excludes halogenated alkanes) is 5. The molecule has 0 fully saturated rings. The molecule has 0 rings (SSSR count). The molecule has 0 saturated carbocycles. The second-order valence-corrected chi connectivity index (χ2v) is 7.14. The quantitative estimate of drug-likeness (QED) is 0.360. The van der Waals surface area contributed by atoms with E-state index in [9.17, 15) is 9.13 Å². The van der Waals surface area contributed by atoms with Gasteiger partial charge >= 0.3 is 15.4 Å². The van der Waals surface area contributed by atoms with Crippen LogP contribution in [0.5, 0.6) is 0 Å². The molecule has 4 N–H and O–H groups in total. The van der Waals surface area contributed by atoms with Gasteiger partial charge in [0.25, 0.3) is 0 Å². The third-order valence-corrected chi connectivity index (χ3v) is 4.25. The van der Waals surface area contributed by atoms with Gasteiger partial charge in [0.1, 0.15) is 0 Å². The molecule has 110 valence electrons. The van der Waals surface area contributed by atoms with Gasteiger partial charge in [-0.25, -0.2) is 4.57 Å². The Hall–Kier alpha value is 0.260. The van der Waals surface area contributed by atoms with Gasteiger partial charge in [-0.1, -0.05) is 45.4 Å². The third kappa shape index (κ3) is 10.2. The van der Waals surface area contributed by atoms with Gasteiger partial charge < -0.3 is 19.6 Å². The van der Waals surface area contributed by atoms with Crippen molar-refractivity contribution < 1.29 is 33.2 Å². The van der Waals surface area contributed by atoms with Crippen molar-refractivity contribution in [2.45, 2.75) is 57.7 Å². The second kappa shape index (κ2) is 8.43. The van der Waals surface area contributed by atoms with E-state index in [2.05, 4.69) is 11.4 Å². The van der Waals surface area contributed by atoms with Crippen LogP contribution in [0, 0.1) is 0 Å². The van der Waals surface area contributed by atoms with E-state index < -0.39 is 21.3 Å². The van der Waals surface area contributed by atoms with Crippen molar-refractivity contribution >= 4 is 15.4 Å². The van der Waals surface area contributed by atoms with Crippen LogP contribution in [0.15, 0.2) is 0 Å². The van der Waals surface area contributed by atoms with E-state index >= 15 is 0 Å². The molecule has 0 bridgehead atoms. The summed E-state index contributed by atoms with van der Waals surface area (Å²) >= 11 is 0. The van der Waals surface area contributed by atoms with Crippen LogP contribution in [0.2, 0.25) is 0 Å². The zero-order valence-corrected chi connectivity index (χ0v) is 12.2. The minimum absolute atomic E-state index is 0.0541. The average molecular weight is 304 g/mol. The Morgan fingerprint density at radius 3 is 1.89 bits per heavy atom. The van der Waals surface area contributed by atoms with Crippen LogP contribution >= 0.6 is 15.4 Å². The van der Waals surface area contributed by atoms with Crippen LogP contribution in [-0.4, -0.2) is 25.4 Å². The molecule has 0 heterocycles. The fraction of sp³-hybridized carbons (Fsp3) is 1.00. The lowest BCUT2D eigenvalue weighted by Gasteiger charge is -2.19. The van der Waals surface area contributed by atoms with Crippen LogP contribution in [0.4, 0.5) is 0 Å². The maximum absolute atomic E-state index is 11.0. The van der Waals surface area contributed by atoms with Crippen molar-refractivity contribution in [1.29, 1.82) is 0 Å². The molecule has 0 aliphatic rings. The smallest absolute Gasteiger partial charge is 0.323 e. The molecular formula is C9H22O7P2. The minimum Gasteiger partial charge on any atom is -0.323 e. The monoisotopic (exact) mass is 304 g/mol. The van der Waals surface area contributed by atoms with Crippen molar-refractivity contribution in [3.05, 3.63) is 0 Å². The van der Waals surface area contributed by atoms with Crippen molar-refractivity contribution in [2.24, 2.45) is 0 Å². The Kier molecular flexibility index (Phi) is 8.56. The fourth-order valence-electron chi connectivity index (χ4n) is 1.54. The first-order valence-electron chi connectivity index (χ1n) is 5.96. The number of rotatable bonds is 10. The third-order valence-electron chi connectivity index (χ3n) is 2.44. The Labute approximate surface area is 107 Å². The molecule has 0 spiro atoms. The molecule has 1 atom stereocenters. The summed E-state index contributed by atoms with van der Waals surface area (Å²) in [6.07, 6.45) is 5.39. The van der Waals surface area contributed by atoms with E-state index in [0.29, 0.717) is 6.42 Å². The standard InChI is InChI=1S/C9H22O7P2/c1-2-3-4-5-6-7-8-9(17(10,11)12)16-18(13,14)15/h9H,2-8H2,1H3,(H2,10,11,12)(H2,13,14,15). The molecule has 0 radical (unpaired) electrons. The van der Waals surface area contributed by atoms with E-state index in [0.717, 1.165) is 32.1 Å². The first kappa shape index (κ1) is 18.3. The molecule has 1 unspecified atom stereocenters. The van der Waals surface area contributed by atoms with Crippen molar-refractivity contribution in [3.63, 3.8) is 0 Å². The topological polar surface area (TPSA) is 124 Å². The summed E-state index contributed by atoms with van der Waals surface area (Å²) in [5.41, 5.74) is 0. The summed E-state index contributed by atoms with van der Waals surface area (Å²) in [6.45, 7) is 2.08. The Balaban J connectivity index is 4.04. The van der Waals surface area contributed by atoms with Crippen LogP contribution in [0.1, 0.15) is 51.9 Å². The molecule has 0 amide bonds. The first-order valence-corrected chi connectivity index (χ1v) is 9.17. The predicted octanol–water partition coefficient (Wildman–Crippen LogP) is 2.35. The summed E-state index contributed by atoms with van der Waals surface area (Å²) in [6, 6.07) is 0. The number of hydrogen-bond donors (Lipinski definition) is 4. The van der Waals surface area contributed by atoms with Crippen LogP contribution in [0.3, 0.4) is 0 Å². The molecule has 0 aromatic heterocycles. The van der Waals surface area contributed by atoms with Gasteiger partial charge in [0, 0.05) is 0 Å². The van der Waals surface area contributed by atoms with Gasteiger partial charge in [0.15, 0.2) is 5.85 Å². The summed E-state index contributed by atoms with van der Waals surface area (Å²) in [7, 11) is -9.52. The molecule has 0 saturated heterocycles. The lowest BCUT2D eigenvalue weighted by atomic mass is 10.1. The van der Waals surface area contributed by atoms with Crippen molar-refractivity contribution in [3.8, 4) is 0 Å². The summed E-state index contributed by atoms with van der Waals surface area (Å²) in [5, 5.41) is 0. The van der Waals surface area contributed by atoms with E-state index in [1.54, 1.807) is 0 Å². The highest BCUT2D eigenvalue weighted by Crippen LogP contribution is 2.52. The zero-order valence-electron chi connectivity index (χ0n) is 10.4. The maximum atomic E-state index is 11.0. The van der Waals surface area contributed by atoms with E-state index in [4.69, 9.17) is 19.6 Å². The molecule has 0 aliphatic heterocycles. The van der Waals surface area contributed by atoms with Crippen LogP contribution in [-0.2, 0) is 13.7 Å². The normalized spacial score (nSPS) is 14.7. The van der Waals surface area contributed by atoms with E-state index in [1.165, 1.54) is 0 Å². The lowest BCUT2D eigenvalue weighted by Crippen LogP contribution is -2.12. The van der Waals surface area contributed by atoms with Crippen LogP contribution in [0.25, 0.3) is 0 Å². The highest BCUT2D eigenvalue weighted by molar-refractivity contribution is 7.53. The van der Waals surface area contributed by atoms with Gasteiger partial charge in [-0.2, -0.15) is 0 Å².